The molecule has 0 aliphatic carbocycles. The van der Waals surface area contributed by atoms with Gasteiger partial charge in [0.25, 0.3) is 5.91 Å². The minimum atomic E-state index is -0.350. The van der Waals surface area contributed by atoms with E-state index in [1.807, 2.05) is 25.1 Å². The number of H-pyrrole nitrogens is 1. The van der Waals surface area contributed by atoms with Crippen LogP contribution in [0, 0.1) is 0 Å². The second-order valence-corrected chi connectivity index (χ2v) is 5.20. The molecular weight excluding hydrogens is 290 g/mol. The number of hydrazine groups is 1. The van der Waals surface area contributed by atoms with E-state index >= 15 is 0 Å². The molecule has 7 heteroatoms. The van der Waals surface area contributed by atoms with Gasteiger partial charge in [-0.1, -0.05) is 29.8 Å². The van der Waals surface area contributed by atoms with Crippen LogP contribution in [-0.4, -0.2) is 16.1 Å². The van der Waals surface area contributed by atoms with Crippen LogP contribution in [0.5, 0.6) is 0 Å². The standard InChI is InChI=1S/C14H14ClN5O/c1-7-11(14(21)19-16)12(8-4-2-3-5-10(8)15)9-6-17-20-13(9)18-7/h2-6,12H,16H2,1H3,(H,19,21)(H2,17,18,20). The minimum absolute atomic E-state index is 0.322. The second-order valence-electron chi connectivity index (χ2n) is 4.79. The Morgan fingerprint density at radius 1 is 1.38 bits per heavy atom. The average molecular weight is 304 g/mol. The Kier molecular flexibility index (Phi) is 3.40. The van der Waals surface area contributed by atoms with Crippen LogP contribution in [0.25, 0.3) is 0 Å². The van der Waals surface area contributed by atoms with Crippen molar-refractivity contribution in [2.45, 2.75) is 12.8 Å². The number of carbonyl (C=O) groups is 1. The number of nitrogens with two attached hydrogens (primary N) is 1. The zero-order valence-electron chi connectivity index (χ0n) is 11.3. The Hall–Kier alpha value is -2.31. The van der Waals surface area contributed by atoms with Crippen LogP contribution in [-0.2, 0) is 4.79 Å². The number of nitrogens with zero attached hydrogens (tertiary/aromatic N) is 1. The summed E-state index contributed by atoms with van der Waals surface area (Å²) in [5, 5.41) is 10.6. The Bertz CT molecular complexity index is 736. The quantitative estimate of drug-likeness (QED) is 0.387. The van der Waals surface area contributed by atoms with Gasteiger partial charge in [0, 0.05) is 27.8 Å². The maximum absolute atomic E-state index is 12.2. The minimum Gasteiger partial charge on any atom is -0.344 e. The zero-order valence-corrected chi connectivity index (χ0v) is 12.0. The van der Waals surface area contributed by atoms with Crippen molar-refractivity contribution in [3.63, 3.8) is 0 Å². The molecule has 0 saturated carbocycles. The Balaban J connectivity index is 2.23. The van der Waals surface area contributed by atoms with E-state index in [1.54, 1.807) is 12.3 Å². The molecule has 1 aromatic heterocycles. The Morgan fingerprint density at radius 2 is 2.14 bits per heavy atom. The molecule has 0 saturated heterocycles. The van der Waals surface area contributed by atoms with Gasteiger partial charge in [0.2, 0.25) is 0 Å². The van der Waals surface area contributed by atoms with Crippen LogP contribution in [0.3, 0.4) is 0 Å². The van der Waals surface area contributed by atoms with Crippen LogP contribution in [0.1, 0.15) is 24.0 Å². The molecule has 108 valence electrons. The lowest BCUT2D eigenvalue weighted by atomic mass is 9.82. The maximum atomic E-state index is 12.2. The summed E-state index contributed by atoms with van der Waals surface area (Å²) in [6, 6.07) is 7.43. The first-order valence-electron chi connectivity index (χ1n) is 6.40. The monoisotopic (exact) mass is 303 g/mol. The first kappa shape index (κ1) is 13.7. The number of hydrogen-bond acceptors (Lipinski definition) is 4. The molecule has 1 aliphatic rings. The van der Waals surface area contributed by atoms with Gasteiger partial charge in [-0.05, 0) is 18.6 Å². The van der Waals surface area contributed by atoms with Crippen molar-refractivity contribution in [2.75, 3.05) is 5.32 Å². The number of allylic oxidation sites excluding steroid dienone is 1. The second kappa shape index (κ2) is 5.23. The average Bonchev–Trinajstić information content (AvgIpc) is 2.93. The summed E-state index contributed by atoms with van der Waals surface area (Å²) in [7, 11) is 0. The molecule has 6 nitrogen and oxygen atoms in total. The summed E-state index contributed by atoms with van der Waals surface area (Å²) in [6.45, 7) is 1.82. The molecule has 1 aromatic carbocycles. The number of rotatable bonds is 2. The summed E-state index contributed by atoms with van der Waals surface area (Å²) >= 11 is 6.32. The summed E-state index contributed by atoms with van der Waals surface area (Å²) in [6.07, 6.45) is 1.69. The molecule has 1 amide bonds. The van der Waals surface area contributed by atoms with Crippen molar-refractivity contribution in [2.24, 2.45) is 5.84 Å². The number of nitrogens with one attached hydrogen (secondary N) is 3. The van der Waals surface area contributed by atoms with Crippen LogP contribution in [0.2, 0.25) is 5.02 Å². The van der Waals surface area contributed by atoms with Crippen molar-refractivity contribution in [1.82, 2.24) is 15.6 Å². The lowest BCUT2D eigenvalue weighted by Gasteiger charge is -2.28. The van der Waals surface area contributed by atoms with E-state index < -0.39 is 0 Å². The molecule has 1 unspecified atom stereocenters. The lowest BCUT2D eigenvalue weighted by Crippen LogP contribution is -2.36. The highest BCUT2D eigenvalue weighted by atomic mass is 35.5. The number of amides is 1. The fourth-order valence-electron chi connectivity index (χ4n) is 2.65. The topological polar surface area (TPSA) is 95.8 Å². The molecule has 2 aromatic rings. The normalized spacial score (nSPS) is 17.2. The van der Waals surface area contributed by atoms with Gasteiger partial charge in [-0.3, -0.25) is 15.3 Å². The summed E-state index contributed by atoms with van der Waals surface area (Å²) in [4.78, 5) is 12.2. The van der Waals surface area contributed by atoms with Crippen LogP contribution in [0.15, 0.2) is 41.7 Å². The first-order valence-corrected chi connectivity index (χ1v) is 6.77. The zero-order chi connectivity index (χ0) is 15.0. The third-order valence-corrected chi connectivity index (χ3v) is 3.92. The van der Waals surface area contributed by atoms with Crippen molar-refractivity contribution in [3.8, 4) is 0 Å². The van der Waals surface area contributed by atoms with E-state index in [2.05, 4.69) is 20.9 Å². The molecular formula is C14H14ClN5O. The predicted molar refractivity (Wildman–Crippen MR) is 80.5 cm³/mol. The molecule has 5 N–H and O–H groups in total. The summed E-state index contributed by atoms with van der Waals surface area (Å²) < 4.78 is 0. The number of aromatic amines is 1. The molecule has 3 rings (SSSR count). The summed E-state index contributed by atoms with van der Waals surface area (Å²) in [5.74, 6) is 5.40. The van der Waals surface area contributed by atoms with E-state index in [-0.39, 0.29) is 11.8 Å². The van der Waals surface area contributed by atoms with Gasteiger partial charge in [0.05, 0.1) is 6.20 Å². The van der Waals surface area contributed by atoms with Crippen molar-refractivity contribution in [3.05, 3.63) is 57.9 Å². The van der Waals surface area contributed by atoms with Crippen molar-refractivity contribution in [1.29, 1.82) is 0 Å². The Labute approximate surface area is 126 Å². The van der Waals surface area contributed by atoms with Crippen molar-refractivity contribution < 1.29 is 4.79 Å². The number of aromatic nitrogens is 2. The maximum Gasteiger partial charge on any atom is 0.263 e. The number of carbonyl (C=O) groups excluding carboxylic acids is 1. The number of fused-ring (bicyclic) bond motifs is 1. The van der Waals surface area contributed by atoms with Gasteiger partial charge in [0.1, 0.15) is 5.82 Å². The van der Waals surface area contributed by atoms with Crippen LogP contribution < -0.4 is 16.6 Å². The third-order valence-electron chi connectivity index (χ3n) is 3.58. The highest BCUT2D eigenvalue weighted by molar-refractivity contribution is 6.31. The van der Waals surface area contributed by atoms with E-state index in [4.69, 9.17) is 17.4 Å². The molecule has 0 spiro atoms. The fourth-order valence-corrected chi connectivity index (χ4v) is 2.90. The van der Waals surface area contributed by atoms with E-state index in [0.29, 0.717) is 16.3 Å². The molecule has 1 aliphatic heterocycles. The SMILES string of the molecule is CC1=C(C(=O)NN)C(c2ccccc2Cl)c2cn[nH]c2N1. The number of anilines is 1. The van der Waals surface area contributed by atoms with Crippen LogP contribution >= 0.6 is 11.6 Å². The summed E-state index contributed by atoms with van der Waals surface area (Å²) in [5.41, 5.74) is 5.12. The number of benzene rings is 1. The van der Waals surface area contributed by atoms with Crippen molar-refractivity contribution >= 4 is 23.3 Å². The first-order chi connectivity index (χ1) is 10.1. The molecule has 0 fully saturated rings. The molecule has 1 atom stereocenters. The van der Waals surface area contributed by atoms with Gasteiger partial charge in [-0.2, -0.15) is 5.10 Å². The fraction of sp³-hybridized carbons (Fsp3) is 0.143. The van der Waals surface area contributed by atoms with Gasteiger partial charge < -0.3 is 5.32 Å². The lowest BCUT2D eigenvalue weighted by molar-refractivity contribution is -0.117. The predicted octanol–water partition coefficient (Wildman–Crippen LogP) is 1.88. The van der Waals surface area contributed by atoms with E-state index in [9.17, 15) is 4.79 Å². The van der Waals surface area contributed by atoms with E-state index in [0.717, 1.165) is 16.9 Å². The largest absolute Gasteiger partial charge is 0.344 e. The highest BCUT2D eigenvalue weighted by Gasteiger charge is 2.34. The molecule has 0 bridgehead atoms. The Morgan fingerprint density at radius 3 is 2.86 bits per heavy atom. The van der Waals surface area contributed by atoms with Gasteiger partial charge in [-0.25, -0.2) is 5.84 Å². The number of halogens is 1. The van der Waals surface area contributed by atoms with Gasteiger partial charge in [0.15, 0.2) is 0 Å². The number of hydrogen-bond donors (Lipinski definition) is 4. The van der Waals surface area contributed by atoms with Crippen LogP contribution in [0.4, 0.5) is 5.82 Å². The van der Waals surface area contributed by atoms with E-state index in [1.165, 1.54) is 0 Å². The molecule has 2 heterocycles. The highest BCUT2D eigenvalue weighted by Crippen LogP contribution is 2.42. The third kappa shape index (κ3) is 2.18. The van der Waals surface area contributed by atoms with Gasteiger partial charge >= 0.3 is 0 Å². The smallest absolute Gasteiger partial charge is 0.263 e. The molecule has 21 heavy (non-hydrogen) atoms. The molecule has 0 radical (unpaired) electrons. The van der Waals surface area contributed by atoms with Gasteiger partial charge in [-0.15, -0.1) is 0 Å².